The van der Waals surface area contributed by atoms with E-state index in [9.17, 15) is 9.90 Å². The lowest BCUT2D eigenvalue weighted by molar-refractivity contribution is 0.0694. The third-order valence-corrected chi connectivity index (χ3v) is 5.99. The van der Waals surface area contributed by atoms with Gasteiger partial charge >= 0.3 is 5.97 Å². The summed E-state index contributed by atoms with van der Waals surface area (Å²) in [7, 11) is 0. The van der Waals surface area contributed by atoms with Gasteiger partial charge in [0.25, 0.3) is 0 Å². The molecule has 0 amide bonds. The smallest absolute Gasteiger partial charge is 0.339 e. The molecule has 166 valence electrons. The van der Waals surface area contributed by atoms with Crippen molar-refractivity contribution in [3.8, 4) is 5.75 Å². The van der Waals surface area contributed by atoms with Gasteiger partial charge in [-0.25, -0.2) is 14.8 Å². The van der Waals surface area contributed by atoms with Crippen LogP contribution in [0, 0.1) is 0 Å². The first-order valence-corrected chi connectivity index (χ1v) is 11.3. The van der Waals surface area contributed by atoms with E-state index in [4.69, 9.17) is 21.3 Å². The van der Waals surface area contributed by atoms with Gasteiger partial charge in [-0.2, -0.15) is 0 Å². The molecule has 1 unspecified atom stereocenters. The van der Waals surface area contributed by atoms with Crippen LogP contribution in [0.4, 0.5) is 5.95 Å². The van der Waals surface area contributed by atoms with Gasteiger partial charge in [0.15, 0.2) is 0 Å². The van der Waals surface area contributed by atoms with Crippen LogP contribution in [0.5, 0.6) is 5.75 Å². The van der Waals surface area contributed by atoms with Gasteiger partial charge in [-0.05, 0) is 68.0 Å². The van der Waals surface area contributed by atoms with E-state index < -0.39 is 5.97 Å². The van der Waals surface area contributed by atoms with Crippen LogP contribution in [0.2, 0.25) is 5.02 Å². The minimum Gasteiger partial charge on any atom is -0.494 e. The van der Waals surface area contributed by atoms with Crippen molar-refractivity contribution in [2.75, 3.05) is 18.1 Å². The Morgan fingerprint density at radius 3 is 2.59 bits per heavy atom. The van der Waals surface area contributed by atoms with E-state index in [0.717, 1.165) is 36.3 Å². The molecule has 3 aromatic rings. The van der Waals surface area contributed by atoms with E-state index in [-0.39, 0.29) is 11.6 Å². The topological polar surface area (TPSA) is 75.5 Å². The Hall–Kier alpha value is -3.12. The Bertz CT molecular complexity index is 1070. The fourth-order valence-corrected chi connectivity index (χ4v) is 4.26. The maximum atomic E-state index is 11.8. The predicted octanol–water partition coefficient (Wildman–Crippen LogP) is 5.35. The standard InChI is InChI=1S/C25H26ClN3O3/c1-2-32-20-12-5-17(6-13-20)7-14-22-21(24(30)31)16-27-25(28-22)29-15-3-4-23(29)18-8-10-19(26)11-9-18/h5-6,8-13,16,23H,2-4,7,14-15H2,1H3,(H,30,31). The van der Waals surface area contributed by atoms with Crippen LogP contribution < -0.4 is 9.64 Å². The SMILES string of the molecule is CCOc1ccc(CCc2nc(N3CCCC3c3ccc(Cl)cc3)ncc2C(=O)O)cc1. The summed E-state index contributed by atoms with van der Waals surface area (Å²) in [6.07, 6.45) is 4.66. The molecule has 1 aromatic heterocycles. The molecule has 1 atom stereocenters. The number of aromatic nitrogens is 2. The number of hydrogen-bond acceptors (Lipinski definition) is 5. The largest absolute Gasteiger partial charge is 0.494 e. The zero-order valence-electron chi connectivity index (χ0n) is 18.0. The molecular weight excluding hydrogens is 426 g/mol. The first-order valence-electron chi connectivity index (χ1n) is 10.9. The molecule has 1 aliphatic heterocycles. The Morgan fingerprint density at radius 1 is 1.16 bits per heavy atom. The molecule has 6 nitrogen and oxygen atoms in total. The molecular formula is C25H26ClN3O3. The number of nitrogens with zero attached hydrogens (tertiary/aromatic N) is 3. The van der Waals surface area contributed by atoms with Crippen molar-refractivity contribution >= 4 is 23.5 Å². The number of hydrogen-bond donors (Lipinski definition) is 1. The van der Waals surface area contributed by atoms with Gasteiger partial charge in [0.05, 0.1) is 23.9 Å². The number of anilines is 1. The minimum absolute atomic E-state index is 0.155. The number of carboxylic acid groups (broad SMARTS) is 1. The van der Waals surface area contributed by atoms with Crippen molar-refractivity contribution in [1.29, 1.82) is 0 Å². The van der Waals surface area contributed by atoms with E-state index in [1.807, 2.05) is 55.5 Å². The van der Waals surface area contributed by atoms with Crippen LogP contribution in [0.1, 0.15) is 53.0 Å². The van der Waals surface area contributed by atoms with Gasteiger partial charge in [-0.3, -0.25) is 0 Å². The maximum absolute atomic E-state index is 11.8. The summed E-state index contributed by atoms with van der Waals surface area (Å²) >= 11 is 6.05. The summed E-state index contributed by atoms with van der Waals surface area (Å²) in [6, 6.07) is 15.9. The minimum atomic E-state index is -1.01. The number of benzene rings is 2. The molecule has 0 radical (unpaired) electrons. The number of aromatic carboxylic acids is 1. The number of aryl methyl sites for hydroxylation is 2. The summed E-state index contributed by atoms with van der Waals surface area (Å²) in [5.74, 6) is 0.400. The molecule has 0 spiro atoms. The van der Waals surface area contributed by atoms with Crippen molar-refractivity contribution in [3.05, 3.63) is 82.1 Å². The molecule has 0 aliphatic carbocycles. The van der Waals surface area contributed by atoms with Gasteiger partial charge in [0, 0.05) is 17.8 Å². The van der Waals surface area contributed by atoms with Crippen molar-refractivity contribution < 1.29 is 14.6 Å². The Labute approximate surface area is 192 Å². The van der Waals surface area contributed by atoms with Crippen molar-refractivity contribution in [1.82, 2.24) is 9.97 Å². The van der Waals surface area contributed by atoms with Crippen molar-refractivity contribution in [2.24, 2.45) is 0 Å². The van der Waals surface area contributed by atoms with Crippen LogP contribution >= 0.6 is 11.6 Å². The fourth-order valence-electron chi connectivity index (χ4n) is 4.13. The van der Waals surface area contributed by atoms with E-state index >= 15 is 0 Å². The molecule has 7 heteroatoms. The third-order valence-electron chi connectivity index (χ3n) is 5.73. The quantitative estimate of drug-likeness (QED) is 0.497. The molecule has 1 N–H and O–H groups in total. The average molecular weight is 452 g/mol. The lowest BCUT2D eigenvalue weighted by Crippen LogP contribution is -2.25. The lowest BCUT2D eigenvalue weighted by Gasteiger charge is -2.25. The Balaban J connectivity index is 1.56. The van der Waals surface area contributed by atoms with Gasteiger partial charge in [-0.15, -0.1) is 0 Å². The molecule has 2 heterocycles. The van der Waals surface area contributed by atoms with Crippen LogP contribution in [-0.4, -0.2) is 34.2 Å². The van der Waals surface area contributed by atoms with Gasteiger partial charge in [0.2, 0.25) is 5.95 Å². The van der Waals surface area contributed by atoms with Crippen molar-refractivity contribution in [2.45, 2.75) is 38.6 Å². The highest BCUT2D eigenvalue weighted by Crippen LogP contribution is 2.35. The normalized spacial score (nSPS) is 15.7. The second-order valence-electron chi connectivity index (χ2n) is 7.82. The maximum Gasteiger partial charge on any atom is 0.339 e. The van der Waals surface area contributed by atoms with E-state index in [1.165, 1.54) is 6.20 Å². The summed E-state index contributed by atoms with van der Waals surface area (Å²) < 4.78 is 5.49. The highest BCUT2D eigenvalue weighted by Gasteiger charge is 2.29. The van der Waals surface area contributed by atoms with Crippen LogP contribution in [0.15, 0.2) is 54.7 Å². The van der Waals surface area contributed by atoms with Gasteiger partial charge < -0.3 is 14.7 Å². The number of carboxylic acids is 1. The summed E-state index contributed by atoms with van der Waals surface area (Å²) in [6.45, 7) is 3.41. The summed E-state index contributed by atoms with van der Waals surface area (Å²) in [4.78, 5) is 23.1. The fraction of sp³-hybridized carbons (Fsp3) is 0.320. The van der Waals surface area contributed by atoms with E-state index in [1.54, 1.807) is 0 Å². The molecule has 1 saturated heterocycles. The average Bonchev–Trinajstić information content (AvgIpc) is 3.29. The van der Waals surface area contributed by atoms with Crippen molar-refractivity contribution in [3.63, 3.8) is 0 Å². The highest BCUT2D eigenvalue weighted by molar-refractivity contribution is 6.30. The molecule has 4 rings (SSSR count). The first-order chi connectivity index (χ1) is 15.5. The predicted molar refractivity (Wildman–Crippen MR) is 125 cm³/mol. The number of halogens is 1. The molecule has 1 aliphatic rings. The van der Waals surface area contributed by atoms with Crippen LogP contribution in [0.25, 0.3) is 0 Å². The van der Waals surface area contributed by atoms with Crippen LogP contribution in [-0.2, 0) is 12.8 Å². The first kappa shape index (κ1) is 22.1. The summed E-state index contributed by atoms with van der Waals surface area (Å²) in [5.41, 5.74) is 2.97. The molecule has 2 aromatic carbocycles. The monoisotopic (exact) mass is 451 g/mol. The summed E-state index contributed by atoms with van der Waals surface area (Å²) in [5, 5.41) is 10.4. The zero-order chi connectivity index (χ0) is 22.5. The second kappa shape index (κ2) is 10.0. The molecule has 0 saturated carbocycles. The Kier molecular flexibility index (Phi) is 6.90. The molecule has 32 heavy (non-hydrogen) atoms. The lowest BCUT2D eigenvalue weighted by atomic mass is 10.0. The Morgan fingerprint density at radius 2 is 1.91 bits per heavy atom. The van der Waals surface area contributed by atoms with Crippen LogP contribution in [0.3, 0.4) is 0 Å². The highest BCUT2D eigenvalue weighted by atomic mass is 35.5. The third kappa shape index (κ3) is 5.02. The zero-order valence-corrected chi connectivity index (χ0v) is 18.8. The second-order valence-corrected chi connectivity index (χ2v) is 8.25. The number of rotatable bonds is 8. The van der Waals surface area contributed by atoms with E-state index in [2.05, 4.69) is 9.88 Å². The number of carbonyl (C=O) groups is 1. The number of ether oxygens (including phenoxy) is 1. The molecule has 0 bridgehead atoms. The van der Waals surface area contributed by atoms with Gasteiger partial charge in [0.1, 0.15) is 5.75 Å². The van der Waals surface area contributed by atoms with Gasteiger partial charge in [-0.1, -0.05) is 35.9 Å². The molecule has 1 fully saturated rings. The van der Waals surface area contributed by atoms with E-state index in [0.29, 0.717) is 36.1 Å².